The summed E-state index contributed by atoms with van der Waals surface area (Å²) in [6.45, 7) is 0.738. The van der Waals surface area contributed by atoms with Gasteiger partial charge in [-0.05, 0) is 24.3 Å². The zero-order valence-electron chi connectivity index (χ0n) is 10.5. The summed E-state index contributed by atoms with van der Waals surface area (Å²) in [6, 6.07) is 6.49. The van der Waals surface area contributed by atoms with Crippen molar-refractivity contribution in [3.05, 3.63) is 42.0 Å². The Hall–Kier alpha value is -2.37. The van der Waals surface area contributed by atoms with Gasteiger partial charge in [-0.2, -0.15) is 5.10 Å². The first-order chi connectivity index (χ1) is 9.22. The number of aryl methyl sites for hydroxylation is 1. The van der Waals surface area contributed by atoms with Crippen LogP contribution >= 0.6 is 0 Å². The average Bonchev–Trinajstić information content (AvgIpc) is 2.95. The number of hydrogen-bond acceptors (Lipinski definition) is 3. The van der Waals surface area contributed by atoms with Crippen LogP contribution in [0.3, 0.4) is 0 Å². The van der Waals surface area contributed by atoms with Gasteiger partial charge in [-0.1, -0.05) is 0 Å². The molecule has 0 spiro atoms. The minimum atomic E-state index is -0.266. The summed E-state index contributed by atoms with van der Waals surface area (Å²) >= 11 is 0. The molecule has 3 aromatic rings. The average molecular weight is 259 g/mol. The molecule has 0 unspecified atom stereocenters. The number of aromatic nitrogens is 4. The van der Waals surface area contributed by atoms with Crippen molar-refractivity contribution in [1.82, 2.24) is 19.7 Å². The number of H-pyrrole nitrogens is 1. The molecule has 0 aliphatic carbocycles. The molecule has 6 heteroatoms. The standard InChI is InChI=1S/C13H14FN5/c1-19-10(5-7-16-19)4-6-15-13-17-11-3-2-9(14)8-12(11)18-13/h2-3,5,7-8H,4,6H2,1H3,(H2,15,17,18). The number of aromatic amines is 1. The van der Waals surface area contributed by atoms with E-state index in [9.17, 15) is 4.39 Å². The molecule has 2 N–H and O–H groups in total. The van der Waals surface area contributed by atoms with E-state index in [0.717, 1.165) is 24.2 Å². The smallest absolute Gasteiger partial charge is 0.201 e. The number of imidazole rings is 1. The van der Waals surface area contributed by atoms with Gasteiger partial charge in [-0.3, -0.25) is 4.68 Å². The summed E-state index contributed by atoms with van der Waals surface area (Å²) in [7, 11) is 1.92. The van der Waals surface area contributed by atoms with Gasteiger partial charge < -0.3 is 10.3 Å². The van der Waals surface area contributed by atoms with Gasteiger partial charge in [-0.15, -0.1) is 0 Å². The second-order valence-electron chi connectivity index (χ2n) is 4.37. The van der Waals surface area contributed by atoms with Crippen LogP contribution in [0.5, 0.6) is 0 Å². The molecule has 2 heterocycles. The molecule has 0 bridgehead atoms. The molecule has 98 valence electrons. The van der Waals surface area contributed by atoms with Crippen molar-refractivity contribution < 1.29 is 4.39 Å². The largest absolute Gasteiger partial charge is 0.355 e. The van der Waals surface area contributed by atoms with Crippen LogP contribution in [-0.4, -0.2) is 26.3 Å². The first kappa shape index (κ1) is 11.7. The third kappa shape index (κ3) is 2.42. The maximum atomic E-state index is 13.1. The highest BCUT2D eigenvalue weighted by Crippen LogP contribution is 2.15. The van der Waals surface area contributed by atoms with Crippen molar-refractivity contribution in [2.45, 2.75) is 6.42 Å². The first-order valence-corrected chi connectivity index (χ1v) is 6.08. The summed E-state index contributed by atoms with van der Waals surface area (Å²) in [4.78, 5) is 7.39. The van der Waals surface area contributed by atoms with Gasteiger partial charge >= 0.3 is 0 Å². The predicted octanol–water partition coefficient (Wildman–Crippen LogP) is 2.09. The van der Waals surface area contributed by atoms with E-state index < -0.39 is 0 Å². The monoisotopic (exact) mass is 259 g/mol. The number of halogens is 1. The van der Waals surface area contributed by atoms with E-state index in [1.54, 1.807) is 12.3 Å². The van der Waals surface area contributed by atoms with Crippen LogP contribution in [0.25, 0.3) is 11.0 Å². The number of nitrogens with one attached hydrogen (secondary N) is 2. The Bertz CT molecular complexity index is 700. The minimum absolute atomic E-state index is 0.266. The van der Waals surface area contributed by atoms with Crippen LogP contribution in [0.1, 0.15) is 5.69 Å². The van der Waals surface area contributed by atoms with Gasteiger partial charge in [0.25, 0.3) is 0 Å². The number of benzene rings is 1. The molecular formula is C13H14FN5. The third-order valence-electron chi connectivity index (χ3n) is 3.04. The van der Waals surface area contributed by atoms with Crippen LogP contribution in [0, 0.1) is 5.82 Å². The molecule has 0 atom stereocenters. The van der Waals surface area contributed by atoms with E-state index in [-0.39, 0.29) is 5.82 Å². The zero-order chi connectivity index (χ0) is 13.2. The van der Waals surface area contributed by atoms with Gasteiger partial charge in [0.05, 0.1) is 11.0 Å². The Morgan fingerprint density at radius 2 is 2.26 bits per heavy atom. The zero-order valence-corrected chi connectivity index (χ0v) is 10.5. The SMILES string of the molecule is Cn1nccc1CCNc1nc2ccc(F)cc2[nH]1. The Morgan fingerprint density at radius 3 is 3.05 bits per heavy atom. The van der Waals surface area contributed by atoms with Gasteiger partial charge in [-0.25, -0.2) is 9.37 Å². The molecule has 0 aliphatic heterocycles. The lowest BCUT2D eigenvalue weighted by Gasteiger charge is -2.03. The maximum absolute atomic E-state index is 13.1. The molecule has 0 radical (unpaired) electrons. The first-order valence-electron chi connectivity index (χ1n) is 6.08. The Labute approximate surface area is 109 Å². The maximum Gasteiger partial charge on any atom is 0.201 e. The van der Waals surface area contributed by atoms with Crippen molar-refractivity contribution in [3.63, 3.8) is 0 Å². The second kappa shape index (κ2) is 4.72. The van der Waals surface area contributed by atoms with E-state index >= 15 is 0 Å². The Morgan fingerprint density at radius 1 is 1.37 bits per heavy atom. The van der Waals surface area contributed by atoms with Gasteiger partial charge in [0.15, 0.2) is 0 Å². The summed E-state index contributed by atoms with van der Waals surface area (Å²) < 4.78 is 14.9. The molecule has 0 saturated heterocycles. The molecule has 0 aliphatic rings. The molecule has 2 aromatic heterocycles. The molecule has 1 aromatic carbocycles. The van der Waals surface area contributed by atoms with Gasteiger partial charge in [0, 0.05) is 31.9 Å². The van der Waals surface area contributed by atoms with E-state index in [0.29, 0.717) is 11.5 Å². The normalized spacial score (nSPS) is 11.1. The fraction of sp³-hybridized carbons (Fsp3) is 0.231. The quantitative estimate of drug-likeness (QED) is 0.754. The van der Waals surface area contributed by atoms with Crippen molar-refractivity contribution >= 4 is 17.0 Å². The van der Waals surface area contributed by atoms with E-state index in [4.69, 9.17) is 0 Å². The summed E-state index contributed by atoms with van der Waals surface area (Å²) in [5.41, 5.74) is 2.60. The highest BCUT2D eigenvalue weighted by Gasteiger charge is 2.04. The van der Waals surface area contributed by atoms with E-state index in [1.807, 2.05) is 17.8 Å². The highest BCUT2D eigenvalue weighted by atomic mass is 19.1. The molecule has 0 saturated carbocycles. The number of nitrogens with zero attached hydrogens (tertiary/aromatic N) is 3. The molecule has 0 fully saturated rings. The summed E-state index contributed by atoms with van der Waals surface area (Å²) in [5, 5.41) is 7.30. The lowest BCUT2D eigenvalue weighted by molar-refractivity contribution is 0.629. The molecular weight excluding hydrogens is 245 g/mol. The molecule has 3 rings (SSSR count). The molecule has 5 nitrogen and oxygen atoms in total. The number of fused-ring (bicyclic) bond motifs is 1. The van der Waals surface area contributed by atoms with Crippen LogP contribution < -0.4 is 5.32 Å². The highest BCUT2D eigenvalue weighted by molar-refractivity contribution is 5.77. The third-order valence-corrected chi connectivity index (χ3v) is 3.04. The van der Waals surface area contributed by atoms with Crippen LogP contribution in [0.2, 0.25) is 0 Å². The van der Waals surface area contributed by atoms with E-state index in [2.05, 4.69) is 20.4 Å². The Balaban J connectivity index is 1.67. The van der Waals surface area contributed by atoms with Crippen molar-refractivity contribution in [3.8, 4) is 0 Å². The van der Waals surface area contributed by atoms with Crippen molar-refractivity contribution in [2.75, 3.05) is 11.9 Å². The number of rotatable bonds is 4. The lowest BCUT2D eigenvalue weighted by Crippen LogP contribution is -2.09. The summed E-state index contributed by atoms with van der Waals surface area (Å²) in [6.07, 6.45) is 2.63. The molecule has 0 amide bonds. The number of anilines is 1. The van der Waals surface area contributed by atoms with Gasteiger partial charge in [0.2, 0.25) is 5.95 Å². The summed E-state index contributed by atoms with van der Waals surface area (Å²) in [5.74, 6) is 0.389. The molecule has 19 heavy (non-hydrogen) atoms. The van der Waals surface area contributed by atoms with Crippen molar-refractivity contribution in [1.29, 1.82) is 0 Å². The van der Waals surface area contributed by atoms with Crippen LogP contribution in [-0.2, 0) is 13.5 Å². The van der Waals surface area contributed by atoms with Crippen molar-refractivity contribution in [2.24, 2.45) is 7.05 Å². The van der Waals surface area contributed by atoms with Crippen LogP contribution in [0.15, 0.2) is 30.5 Å². The predicted molar refractivity (Wildman–Crippen MR) is 71.5 cm³/mol. The number of hydrogen-bond donors (Lipinski definition) is 2. The lowest BCUT2D eigenvalue weighted by atomic mass is 10.3. The van der Waals surface area contributed by atoms with E-state index in [1.165, 1.54) is 12.1 Å². The minimum Gasteiger partial charge on any atom is -0.355 e. The fourth-order valence-corrected chi connectivity index (χ4v) is 2.02. The fourth-order valence-electron chi connectivity index (χ4n) is 2.02. The topological polar surface area (TPSA) is 58.5 Å². The van der Waals surface area contributed by atoms with Crippen LogP contribution in [0.4, 0.5) is 10.3 Å². The van der Waals surface area contributed by atoms with Gasteiger partial charge in [0.1, 0.15) is 5.82 Å². The Kier molecular flexibility index (Phi) is 2.91. The second-order valence-corrected chi connectivity index (χ2v) is 4.37.